The number of rotatable bonds is 5. The van der Waals surface area contributed by atoms with Crippen LogP contribution in [-0.4, -0.2) is 38.7 Å². The number of carbonyl (C=O) groups excluding carboxylic acids is 1. The van der Waals surface area contributed by atoms with E-state index in [1.54, 1.807) is 12.1 Å². The number of hydrogen-bond acceptors (Lipinski definition) is 3. The minimum absolute atomic E-state index is 0.0172. The lowest BCUT2D eigenvalue weighted by Crippen LogP contribution is -2.35. The number of aromatic nitrogens is 3. The van der Waals surface area contributed by atoms with Crippen LogP contribution >= 0.6 is 0 Å². The third-order valence-electron chi connectivity index (χ3n) is 9.37. The van der Waals surface area contributed by atoms with E-state index in [1.807, 2.05) is 28.0 Å². The van der Waals surface area contributed by atoms with Crippen molar-refractivity contribution in [3.8, 4) is 5.69 Å². The van der Waals surface area contributed by atoms with Gasteiger partial charge in [0.05, 0.1) is 17.4 Å². The second kappa shape index (κ2) is 8.59. The van der Waals surface area contributed by atoms with Crippen LogP contribution in [0.1, 0.15) is 57.4 Å². The van der Waals surface area contributed by atoms with E-state index >= 15 is 0 Å². The number of benzene rings is 3. The molecule has 2 saturated carbocycles. The maximum absolute atomic E-state index is 13.6. The Morgan fingerprint density at radius 1 is 0.950 bits per heavy atom. The predicted octanol–water partition coefficient (Wildman–Crippen LogP) is 6.55. The molecule has 0 spiro atoms. The van der Waals surface area contributed by atoms with Gasteiger partial charge in [0.2, 0.25) is 0 Å². The highest BCUT2D eigenvalue weighted by molar-refractivity contribution is 5.93. The number of amides is 1. The van der Waals surface area contributed by atoms with E-state index < -0.39 is 0 Å². The molecule has 3 aliphatic rings. The maximum Gasteiger partial charge on any atom is 0.272 e. The lowest BCUT2D eigenvalue weighted by molar-refractivity contribution is 0.0763. The Labute approximate surface area is 232 Å². The summed E-state index contributed by atoms with van der Waals surface area (Å²) in [6.45, 7) is 3.54. The van der Waals surface area contributed by atoms with Crippen LogP contribution in [0.5, 0.6) is 0 Å². The van der Waals surface area contributed by atoms with E-state index in [0.717, 1.165) is 23.1 Å². The number of carbonyl (C=O) groups is 1. The Kier molecular flexibility index (Phi) is 5.06. The zero-order valence-corrected chi connectivity index (χ0v) is 22.3. The zero-order chi connectivity index (χ0) is 27.0. The van der Waals surface area contributed by atoms with Crippen molar-refractivity contribution < 1.29 is 9.18 Å². The van der Waals surface area contributed by atoms with Gasteiger partial charge in [-0.1, -0.05) is 36.4 Å². The van der Waals surface area contributed by atoms with Crippen LogP contribution in [0.4, 0.5) is 4.39 Å². The minimum Gasteiger partial charge on any atom is -0.336 e. The van der Waals surface area contributed by atoms with Crippen molar-refractivity contribution in [3.05, 3.63) is 125 Å². The first-order valence-electron chi connectivity index (χ1n) is 14.1. The van der Waals surface area contributed by atoms with Gasteiger partial charge >= 0.3 is 0 Å². The normalized spacial score (nSPS) is 23.4. The van der Waals surface area contributed by atoms with Gasteiger partial charge in [-0.3, -0.25) is 9.78 Å². The SMILES string of the molecule is Cc1cc2c(cnn2-c2ccc(F)cc2)cc1[C@@]12CN(C(=O)c3ccc(C4CC4)cn3)C[C@@H]1[C@H]2c1ccccc1. The minimum atomic E-state index is -0.265. The van der Waals surface area contributed by atoms with Gasteiger partial charge in [0.25, 0.3) is 5.91 Å². The molecule has 0 N–H and O–H groups in total. The maximum atomic E-state index is 13.6. The molecular weight excluding hydrogens is 499 g/mol. The van der Waals surface area contributed by atoms with Crippen LogP contribution in [0.2, 0.25) is 0 Å². The van der Waals surface area contributed by atoms with Crippen LogP contribution in [0.15, 0.2) is 91.3 Å². The average Bonchev–Trinajstić information content (AvgIpc) is 3.86. The highest BCUT2D eigenvalue weighted by Crippen LogP contribution is 2.70. The highest BCUT2D eigenvalue weighted by Gasteiger charge is 2.71. The van der Waals surface area contributed by atoms with Gasteiger partial charge in [-0.15, -0.1) is 0 Å². The number of piperidine rings is 1. The summed E-state index contributed by atoms with van der Waals surface area (Å²) in [5.41, 5.74) is 7.23. The summed E-state index contributed by atoms with van der Waals surface area (Å²) >= 11 is 0. The lowest BCUT2D eigenvalue weighted by Gasteiger charge is -2.25. The van der Waals surface area contributed by atoms with Gasteiger partial charge in [-0.05, 0) is 96.3 Å². The molecule has 0 unspecified atom stereocenters. The molecule has 0 bridgehead atoms. The Balaban J connectivity index is 1.17. The van der Waals surface area contributed by atoms with Crippen molar-refractivity contribution in [2.24, 2.45) is 5.92 Å². The monoisotopic (exact) mass is 528 g/mol. The number of likely N-dealkylation sites (tertiary alicyclic amines) is 1. The van der Waals surface area contributed by atoms with E-state index in [9.17, 15) is 9.18 Å². The van der Waals surface area contributed by atoms with Crippen molar-refractivity contribution >= 4 is 16.8 Å². The Hall–Kier alpha value is -4.32. The van der Waals surface area contributed by atoms with Crippen LogP contribution in [0.3, 0.4) is 0 Å². The second-order valence-corrected chi connectivity index (χ2v) is 11.7. The quantitative estimate of drug-likeness (QED) is 0.260. The van der Waals surface area contributed by atoms with Gasteiger partial charge in [0.1, 0.15) is 11.5 Å². The highest BCUT2D eigenvalue weighted by atomic mass is 19.1. The largest absolute Gasteiger partial charge is 0.336 e. The molecular formula is C34H29FN4O. The number of aryl methyl sites for hydroxylation is 1. The molecule has 1 amide bonds. The van der Waals surface area contributed by atoms with E-state index in [2.05, 4.69) is 65.5 Å². The summed E-state index contributed by atoms with van der Waals surface area (Å²) in [6.07, 6.45) is 6.22. The Morgan fingerprint density at radius 3 is 2.48 bits per heavy atom. The third kappa shape index (κ3) is 3.55. The molecule has 5 nitrogen and oxygen atoms in total. The molecule has 3 aromatic carbocycles. The van der Waals surface area contributed by atoms with Gasteiger partial charge in [0, 0.05) is 36.0 Å². The average molecular weight is 529 g/mol. The van der Waals surface area contributed by atoms with Crippen molar-refractivity contribution in [1.82, 2.24) is 19.7 Å². The molecule has 6 heteroatoms. The first kappa shape index (κ1) is 23.6. The van der Waals surface area contributed by atoms with Gasteiger partial charge in [0.15, 0.2) is 0 Å². The van der Waals surface area contributed by atoms with Gasteiger partial charge in [-0.2, -0.15) is 5.10 Å². The number of nitrogens with zero attached hydrogens (tertiary/aromatic N) is 4. The van der Waals surface area contributed by atoms with Gasteiger partial charge in [-0.25, -0.2) is 9.07 Å². The number of pyridine rings is 1. The van der Waals surface area contributed by atoms with E-state index in [0.29, 0.717) is 30.0 Å². The fourth-order valence-corrected chi connectivity index (χ4v) is 7.24. The number of hydrogen-bond donors (Lipinski definition) is 0. The molecule has 1 saturated heterocycles. The fourth-order valence-electron chi connectivity index (χ4n) is 7.24. The van der Waals surface area contributed by atoms with E-state index in [-0.39, 0.29) is 17.1 Å². The molecule has 2 aromatic heterocycles. The molecule has 3 heterocycles. The topological polar surface area (TPSA) is 51.0 Å². The molecule has 40 heavy (non-hydrogen) atoms. The molecule has 2 aliphatic carbocycles. The molecule has 5 aromatic rings. The van der Waals surface area contributed by atoms with Crippen molar-refractivity contribution in [1.29, 1.82) is 0 Å². The molecule has 8 rings (SSSR count). The van der Waals surface area contributed by atoms with Crippen molar-refractivity contribution in [3.63, 3.8) is 0 Å². The molecule has 198 valence electrons. The first-order valence-corrected chi connectivity index (χ1v) is 14.1. The fraction of sp³-hybridized carbons (Fsp3) is 0.265. The van der Waals surface area contributed by atoms with Crippen LogP contribution in [-0.2, 0) is 5.41 Å². The van der Waals surface area contributed by atoms with Crippen molar-refractivity contribution in [2.45, 2.75) is 37.0 Å². The zero-order valence-electron chi connectivity index (χ0n) is 22.3. The van der Waals surface area contributed by atoms with Crippen LogP contribution in [0.25, 0.3) is 16.6 Å². The van der Waals surface area contributed by atoms with E-state index in [4.69, 9.17) is 0 Å². The lowest BCUT2D eigenvalue weighted by atomic mass is 9.86. The smallest absolute Gasteiger partial charge is 0.272 e. The summed E-state index contributed by atoms with van der Waals surface area (Å²) in [5.74, 6) is 1.07. The second-order valence-electron chi connectivity index (χ2n) is 11.7. The van der Waals surface area contributed by atoms with Crippen LogP contribution in [0, 0.1) is 18.7 Å². The number of halogens is 1. The summed E-state index contributed by atoms with van der Waals surface area (Å²) in [5, 5.41) is 5.69. The predicted molar refractivity (Wildman–Crippen MR) is 152 cm³/mol. The Morgan fingerprint density at radius 2 is 1.75 bits per heavy atom. The summed E-state index contributed by atoms with van der Waals surface area (Å²) < 4.78 is 15.4. The molecule has 3 atom stereocenters. The third-order valence-corrected chi connectivity index (χ3v) is 9.37. The first-order chi connectivity index (χ1) is 19.5. The summed E-state index contributed by atoms with van der Waals surface area (Å²) in [6, 6.07) is 25.6. The molecule has 0 radical (unpaired) electrons. The number of fused-ring (bicyclic) bond motifs is 2. The Bertz CT molecular complexity index is 1760. The molecule has 3 fully saturated rings. The molecule has 1 aliphatic heterocycles. The van der Waals surface area contributed by atoms with Crippen LogP contribution < -0.4 is 0 Å². The summed E-state index contributed by atoms with van der Waals surface area (Å²) in [7, 11) is 0. The standard InChI is InChI=1S/C34H29FN4O/c1-21-15-31-25(18-37-39(31)27-12-10-26(35)11-13-27)16-28(21)34-20-38(19-29(34)32(34)23-5-3-2-4-6-23)33(40)30-14-9-24(17-36-30)22-7-8-22/h2-6,9-18,22,29,32H,7-8,19-20H2,1H3/t29-,32-,34+/m1/s1. The van der Waals surface area contributed by atoms with Gasteiger partial charge < -0.3 is 4.90 Å². The van der Waals surface area contributed by atoms with Crippen molar-refractivity contribution in [2.75, 3.05) is 13.1 Å². The van der Waals surface area contributed by atoms with E-state index in [1.165, 1.54) is 47.2 Å². The summed E-state index contributed by atoms with van der Waals surface area (Å²) in [4.78, 5) is 20.2.